The van der Waals surface area contributed by atoms with E-state index in [1.165, 1.54) is 23.7 Å². The fraction of sp³-hybridized carbons (Fsp3) is 0.143. The van der Waals surface area contributed by atoms with E-state index >= 15 is 0 Å². The van der Waals surface area contributed by atoms with Crippen LogP contribution in [0.1, 0.15) is 17.5 Å². The standard InChI is InChI=1S/C14H12N4O3S2/c1-8(15-12(20)10-3-2-5-21-10)11(19)16-14-18-17-13(23-14)9-4-6-22-7-9/h2-8H,1H3,(H,15,20)(H,16,18,19)/t8-/m0/s1. The lowest BCUT2D eigenvalue weighted by Gasteiger charge is -2.11. The highest BCUT2D eigenvalue weighted by atomic mass is 32.1. The molecule has 0 saturated carbocycles. The molecule has 9 heteroatoms. The topological polar surface area (TPSA) is 97.1 Å². The smallest absolute Gasteiger partial charge is 0.287 e. The number of hydrogen-bond donors (Lipinski definition) is 2. The summed E-state index contributed by atoms with van der Waals surface area (Å²) in [5.41, 5.74) is 0.965. The number of thiophene rings is 1. The van der Waals surface area contributed by atoms with E-state index in [9.17, 15) is 9.59 Å². The first kappa shape index (κ1) is 15.4. The molecular formula is C14H12N4O3S2. The van der Waals surface area contributed by atoms with Crippen LogP contribution in [0.25, 0.3) is 10.6 Å². The average molecular weight is 348 g/mol. The van der Waals surface area contributed by atoms with Crippen LogP contribution in [0.5, 0.6) is 0 Å². The zero-order valence-corrected chi connectivity index (χ0v) is 13.6. The monoisotopic (exact) mass is 348 g/mol. The Hall–Kier alpha value is -2.52. The van der Waals surface area contributed by atoms with Gasteiger partial charge in [0.1, 0.15) is 11.0 Å². The molecule has 0 radical (unpaired) electrons. The van der Waals surface area contributed by atoms with Crippen molar-refractivity contribution in [3.8, 4) is 10.6 Å². The van der Waals surface area contributed by atoms with Crippen LogP contribution >= 0.6 is 22.7 Å². The Morgan fingerprint density at radius 1 is 1.30 bits per heavy atom. The molecule has 3 aromatic heterocycles. The van der Waals surface area contributed by atoms with Gasteiger partial charge >= 0.3 is 0 Å². The molecule has 1 atom stereocenters. The van der Waals surface area contributed by atoms with Crippen molar-refractivity contribution in [3.05, 3.63) is 41.0 Å². The van der Waals surface area contributed by atoms with Crippen molar-refractivity contribution in [1.82, 2.24) is 15.5 Å². The van der Waals surface area contributed by atoms with Gasteiger partial charge in [0.15, 0.2) is 5.76 Å². The van der Waals surface area contributed by atoms with E-state index < -0.39 is 11.9 Å². The molecular weight excluding hydrogens is 336 g/mol. The van der Waals surface area contributed by atoms with Gasteiger partial charge in [-0.2, -0.15) is 11.3 Å². The minimum absolute atomic E-state index is 0.153. The molecule has 0 unspecified atom stereocenters. The fourth-order valence-electron chi connectivity index (χ4n) is 1.73. The Labute approximate surface area is 139 Å². The Morgan fingerprint density at radius 2 is 2.17 bits per heavy atom. The van der Waals surface area contributed by atoms with E-state index in [4.69, 9.17) is 4.42 Å². The number of carbonyl (C=O) groups is 2. The molecule has 3 rings (SSSR count). The van der Waals surface area contributed by atoms with E-state index in [0.29, 0.717) is 5.13 Å². The SMILES string of the molecule is C[C@H](NC(=O)c1ccco1)C(=O)Nc1nnc(-c2ccsc2)s1. The summed E-state index contributed by atoms with van der Waals surface area (Å²) < 4.78 is 4.98. The highest BCUT2D eigenvalue weighted by molar-refractivity contribution is 7.19. The number of hydrogen-bond acceptors (Lipinski definition) is 7. The minimum atomic E-state index is -0.735. The van der Waals surface area contributed by atoms with E-state index in [1.54, 1.807) is 24.3 Å². The van der Waals surface area contributed by atoms with Crippen LogP contribution in [-0.4, -0.2) is 28.1 Å². The molecule has 118 valence electrons. The highest BCUT2D eigenvalue weighted by Crippen LogP contribution is 2.27. The van der Waals surface area contributed by atoms with E-state index in [2.05, 4.69) is 20.8 Å². The fourth-order valence-corrected chi connectivity index (χ4v) is 3.19. The van der Waals surface area contributed by atoms with Gasteiger partial charge in [0, 0.05) is 10.9 Å². The van der Waals surface area contributed by atoms with Crippen LogP contribution in [-0.2, 0) is 4.79 Å². The number of furan rings is 1. The summed E-state index contributed by atoms with van der Waals surface area (Å²) in [6.07, 6.45) is 1.40. The van der Waals surface area contributed by atoms with Gasteiger partial charge in [-0.15, -0.1) is 10.2 Å². The second-order valence-electron chi connectivity index (χ2n) is 4.59. The Kier molecular flexibility index (Phi) is 4.49. The first-order valence-corrected chi connectivity index (χ1v) is 8.40. The Balaban J connectivity index is 1.59. The highest BCUT2D eigenvalue weighted by Gasteiger charge is 2.19. The normalized spacial score (nSPS) is 11.9. The maximum Gasteiger partial charge on any atom is 0.287 e. The zero-order valence-electron chi connectivity index (χ0n) is 12.0. The van der Waals surface area contributed by atoms with Gasteiger partial charge in [-0.05, 0) is 30.5 Å². The number of carbonyl (C=O) groups excluding carboxylic acids is 2. The molecule has 0 aliphatic heterocycles. The molecule has 0 aliphatic carbocycles. The van der Waals surface area contributed by atoms with Crippen LogP contribution < -0.4 is 10.6 Å². The van der Waals surface area contributed by atoms with Gasteiger partial charge in [-0.25, -0.2) is 0 Å². The van der Waals surface area contributed by atoms with E-state index in [-0.39, 0.29) is 11.7 Å². The number of anilines is 1. The third-order valence-electron chi connectivity index (χ3n) is 2.91. The molecule has 3 aromatic rings. The summed E-state index contributed by atoms with van der Waals surface area (Å²) in [5, 5.41) is 18.2. The van der Waals surface area contributed by atoms with Crippen LogP contribution in [0.4, 0.5) is 5.13 Å². The summed E-state index contributed by atoms with van der Waals surface area (Å²) in [4.78, 5) is 23.9. The Bertz CT molecular complexity index is 796. The summed E-state index contributed by atoms with van der Waals surface area (Å²) >= 11 is 2.84. The third kappa shape index (κ3) is 3.63. The Morgan fingerprint density at radius 3 is 2.87 bits per heavy atom. The van der Waals surface area contributed by atoms with Crippen LogP contribution in [0.15, 0.2) is 39.6 Å². The molecule has 7 nitrogen and oxygen atoms in total. The zero-order chi connectivity index (χ0) is 16.2. The molecule has 0 spiro atoms. The van der Waals surface area contributed by atoms with Gasteiger partial charge in [0.05, 0.1) is 6.26 Å². The summed E-state index contributed by atoms with van der Waals surface area (Å²) in [7, 11) is 0. The van der Waals surface area contributed by atoms with Gasteiger partial charge < -0.3 is 9.73 Å². The molecule has 0 saturated heterocycles. The predicted molar refractivity (Wildman–Crippen MR) is 87.5 cm³/mol. The third-order valence-corrected chi connectivity index (χ3v) is 4.48. The van der Waals surface area contributed by atoms with Crippen molar-refractivity contribution in [2.45, 2.75) is 13.0 Å². The lowest BCUT2D eigenvalue weighted by atomic mass is 10.3. The van der Waals surface area contributed by atoms with E-state index in [1.807, 2.05) is 16.8 Å². The van der Waals surface area contributed by atoms with Gasteiger partial charge in [0.2, 0.25) is 11.0 Å². The summed E-state index contributed by atoms with van der Waals surface area (Å²) in [5.74, 6) is -0.674. The lowest BCUT2D eigenvalue weighted by Crippen LogP contribution is -2.41. The second kappa shape index (κ2) is 6.71. The lowest BCUT2D eigenvalue weighted by molar-refractivity contribution is -0.117. The first-order chi connectivity index (χ1) is 11.1. The molecule has 2 amide bonds. The summed E-state index contributed by atoms with van der Waals surface area (Å²) in [6, 6.07) is 4.33. The number of nitrogens with zero attached hydrogens (tertiary/aromatic N) is 2. The van der Waals surface area contributed by atoms with Crippen molar-refractivity contribution < 1.29 is 14.0 Å². The molecule has 3 heterocycles. The maximum atomic E-state index is 12.1. The number of aromatic nitrogens is 2. The number of rotatable bonds is 5. The van der Waals surface area contributed by atoms with Gasteiger partial charge in [-0.1, -0.05) is 11.3 Å². The van der Waals surface area contributed by atoms with Crippen molar-refractivity contribution in [1.29, 1.82) is 0 Å². The maximum absolute atomic E-state index is 12.1. The minimum Gasteiger partial charge on any atom is -0.459 e. The van der Waals surface area contributed by atoms with Gasteiger partial charge in [-0.3, -0.25) is 14.9 Å². The molecule has 23 heavy (non-hydrogen) atoms. The van der Waals surface area contributed by atoms with Crippen molar-refractivity contribution in [2.75, 3.05) is 5.32 Å². The molecule has 0 fully saturated rings. The van der Waals surface area contributed by atoms with E-state index in [0.717, 1.165) is 10.6 Å². The van der Waals surface area contributed by atoms with Crippen LogP contribution in [0.3, 0.4) is 0 Å². The molecule has 2 N–H and O–H groups in total. The largest absolute Gasteiger partial charge is 0.459 e. The number of amides is 2. The van der Waals surface area contributed by atoms with Crippen molar-refractivity contribution >= 4 is 39.6 Å². The average Bonchev–Trinajstić information content (AvgIpc) is 3.28. The van der Waals surface area contributed by atoms with Crippen LogP contribution in [0, 0.1) is 0 Å². The quantitative estimate of drug-likeness (QED) is 0.739. The summed E-state index contributed by atoms with van der Waals surface area (Å²) in [6.45, 7) is 1.58. The first-order valence-electron chi connectivity index (χ1n) is 6.65. The molecule has 0 aliphatic rings. The predicted octanol–water partition coefficient (Wildman–Crippen LogP) is 2.62. The van der Waals surface area contributed by atoms with Crippen molar-refractivity contribution in [3.63, 3.8) is 0 Å². The number of nitrogens with one attached hydrogen (secondary N) is 2. The molecule has 0 bridgehead atoms. The molecule has 0 aromatic carbocycles. The van der Waals surface area contributed by atoms with Crippen molar-refractivity contribution in [2.24, 2.45) is 0 Å². The van der Waals surface area contributed by atoms with Gasteiger partial charge in [0.25, 0.3) is 5.91 Å². The van der Waals surface area contributed by atoms with Crippen LogP contribution in [0.2, 0.25) is 0 Å². The second-order valence-corrected chi connectivity index (χ2v) is 6.34.